The van der Waals surface area contributed by atoms with Gasteiger partial charge in [-0.3, -0.25) is 0 Å². The molecule has 0 aromatic rings. The summed E-state index contributed by atoms with van der Waals surface area (Å²) in [5.41, 5.74) is 4.66. The molecule has 0 nitrogen and oxygen atoms in total. The van der Waals surface area contributed by atoms with Crippen molar-refractivity contribution in [3.8, 4) is 0 Å². The van der Waals surface area contributed by atoms with E-state index in [1.807, 2.05) is 0 Å². The average molecular weight is 144 g/mol. The first-order valence-corrected chi connectivity index (χ1v) is 4.23. The molecule has 0 atom stereocenters. The van der Waals surface area contributed by atoms with Gasteiger partial charge in [-0.15, -0.1) is 5.73 Å². The molecule has 0 saturated heterocycles. The Morgan fingerprint density at radius 1 is 1.27 bits per heavy atom. The van der Waals surface area contributed by atoms with E-state index < -0.39 is 0 Å². The molecule has 0 heteroatoms. The van der Waals surface area contributed by atoms with Crippen molar-refractivity contribution < 1.29 is 0 Å². The predicted molar refractivity (Wildman–Crippen MR) is 47.2 cm³/mol. The van der Waals surface area contributed by atoms with Crippen molar-refractivity contribution >= 4 is 0 Å². The Morgan fingerprint density at radius 3 is 2.73 bits per heavy atom. The summed E-state index contributed by atoms with van der Waals surface area (Å²) in [4.78, 5) is 0. The summed E-state index contributed by atoms with van der Waals surface area (Å²) in [6, 6.07) is 0. The Labute approximate surface area is 67.6 Å². The second kappa shape index (κ2) is 2.94. The molecule has 0 heterocycles. The fourth-order valence-electron chi connectivity index (χ4n) is 1.65. The van der Waals surface area contributed by atoms with E-state index in [0.29, 0.717) is 0 Å². The van der Waals surface area contributed by atoms with Gasteiger partial charge in [-0.2, -0.15) is 0 Å². The van der Waals surface area contributed by atoms with E-state index in [-0.39, 0.29) is 0 Å². The van der Waals surface area contributed by atoms with Crippen LogP contribution in [0.25, 0.3) is 0 Å². The molecule has 0 aromatic heterocycles. The van der Waals surface area contributed by atoms with Gasteiger partial charge in [-0.05, 0) is 42.9 Å². The second-order valence-corrected chi connectivity index (χ2v) is 3.09. The summed E-state index contributed by atoms with van der Waals surface area (Å²) < 4.78 is 0. The molecule has 2 aliphatic carbocycles. The molecule has 2 aliphatic rings. The van der Waals surface area contributed by atoms with Crippen molar-refractivity contribution in [3.63, 3.8) is 0 Å². The molecule has 0 saturated carbocycles. The molecule has 56 valence electrons. The number of allylic oxidation sites excluding steroid dienone is 5. The van der Waals surface area contributed by atoms with Gasteiger partial charge in [-0.25, -0.2) is 0 Å². The molecule has 0 bridgehead atoms. The Bertz CT molecular complexity index is 250. The minimum atomic E-state index is 0.745. The number of hydrogen-bond donors (Lipinski definition) is 0. The SMILES string of the molecule is C1=CCC(C2=CCC=C2)CC=1. The first-order valence-electron chi connectivity index (χ1n) is 4.23. The molecular weight excluding hydrogens is 132 g/mol. The van der Waals surface area contributed by atoms with E-state index in [9.17, 15) is 0 Å². The van der Waals surface area contributed by atoms with Crippen LogP contribution in [0.2, 0.25) is 0 Å². The first kappa shape index (κ1) is 6.69. The third kappa shape index (κ3) is 1.36. The Hall–Kier alpha value is -1.00. The maximum absolute atomic E-state index is 3.14. The van der Waals surface area contributed by atoms with E-state index in [0.717, 1.165) is 12.3 Å². The fraction of sp³-hybridized carbons (Fsp3) is 0.364. The van der Waals surface area contributed by atoms with Crippen LogP contribution < -0.4 is 0 Å². The highest BCUT2D eigenvalue weighted by atomic mass is 14.2. The van der Waals surface area contributed by atoms with Gasteiger partial charge >= 0.3 is 0 Å². The summed E-state index contributed by atoms with van der Waals surface area (Å²) in [7, 11) is 0. The highest BCUT2D eigenvalue weighted by molar-refractivity contribution is 5.30. The zero-order valence-electron chi connectivity index (χ0n) is 6.59. The van der Waals surface area contributed by atoms with Crippen LogP contribution in [0.1, 0.15) is 19.3 Å². The first-order chi connectivity index (χ1) is 5.47. The van der Waals surface area contributed by atoms with Crippen LogP contribution in [0.15, 0.2) is 41.7 Å². The van der Waals surface area contributed by atoms with Crippen LogP contribution >= 0.6 is 0 Å². The van der Waals surface area contributed by atoms with E-state index in [1.165, 1.54) is 18.4 Å². The van der Waals surface area contributed by atoms with E-state index >= 15 is 0 Å². The maximum atomic E-state index is 3.14. The van der Waals surface area contributed by atoms with Gasteiger partial charge in [0.2, 0.25) is 0 Å². The molecule has 0 aromatic carbocycles. The van der Waals surface area contributed by atoms with Crippen molar-refractivity contribution in [2.24, 2.45) is 5.92 Å². The van der Waals surface area contributed by atoms with Crippen molar-refractivity contribution in [2.45, 2.75) is 19.3 Å². The highest BCUT2D eigenvalue weighted by Crippen LogP contribution is 2.26. The second-order valence-electron chi connectivity index (χ2n) is 3.09. The maximum Gasteiger partial charge on any atom is -0.00838 e. The number of rotatable bonds is 1. The van der Waals surface area contributed by atoms with E-state index in [2.05, 4.69) is 36.1 Å². The van der Waals surface area contributed by atoms with Crippen LogP contribution in [0.5, 0.6) is 0 Å². The van der Waals surface area contributed by atoms with E-state index in [1.54, 1.807) is 0 Å². The summed E-state index contributed by atoms with van der Waals surface area (Å²) in [5.74, 6) is 0.745. The lowest BCUT2D eigenvalue weighted by atomic mass is 9.91. The summed E-state index contributed by atoms with van der Waals surface area (Å²) >= 11 is 0. The van der Waals surface area contributed by atoms with Gasteiger partial charge in [0.25, 0.3) is 0 Å². The quantitative estimate of drug-likeness (QED) is 0.496. The molecule has 0 aliphatic heterocycles. The minimum Gasteiger partial charge on any atom is -0.130 e. The number of hydrogen-bond acceptors (Lipinski definition) is 0. The lowest BCUT2D eigenvalue weighted by molar-refractivity contribution is 0.639. The van der Waals surface area contributed by atoms with Crippen LogP contribution in [0.4, 0.5) is 0 Å². The molecule has 11 heavy (non-hydrogen) atoms. The summed E-state index contributed by atoms with van der Waals surface area (Å²) in [5, 5.41) is 0. The van der Waals surface area contributed by atoms with Crippen molar-refractivity contribution in [1.82, 2.24) is 0 Å². The smallest absolute Gasteiger partial charge is 0.00838 e. The third-order valence-electron chi connectivity index (χ3n) is 2.31. The standard InChI is InChI=1S/C11H12/c1-2-6-10(7-3-1)11-8-4-5-9-11/h2-4,8-10H,5-7H2. The fourth-order valence-corrected chi connectivity index (χ4v) is 1.65. The summed E-state index contributed by atoms with van der Waals surface area (Å²) in [6.45, 7) is 0. The van der Waals surface area contributed by atoms with Crippen molar-refractivity contribution in [2.75, 3.05) is 0 Å². The molecule has 2 rings (SSSR count). The summed E-state index contributed by atoms with van der Waals surface area (Å²) in [6.07, 6.45) is 14.6. The van der Waals surface area contributed by atoms with Crippen LogP contribution in [-0.2, 0) is 0 Å². The zero-order chi connectivity index (χ0) is 7.52. The van der Waals surface area contributed by atoms with Crippen molar-refractivity contribution in [3.05, 3.63) is 41.7 Å². The van der Waals surface area contributed by atoms with Gasteiger partial charge in [0.05, 0.1) is 0 Å². The molecular formula is C11H12. The lowest BCUT2D eigenvalue weighted by Crippen LogP contribution is -2.00. The molecule has 0 spiro atoms. The average Bonchev–Trinajstić information content (AvgIpc) is 2.58. The topological polar surface area (TPSA) is 0 Å². The third-order valence-corrected chi connectivity index (χ3v) is 2.31. The van der Waals surface area contributed by atoms with Gasteiger partial charge in [0.1, 0.15) is 0 Å². The molecule has 0 unspecified atom stereocenters. The van der Waals surface area contributed by atoms with E-state index in [4.69, 9.17) is 0 Å². The Balaban J connectivity index is 2.07. The highest BCUT2D eigenvalue weighted by Gasteiger charge is 2.12. The van der Waals surface area contributed by atoms with Gasteiger partial charge in [0.15, 0.2) is 0 Å². The Kier molecular flexibility index (Phi) is 1.79. The molecule has 0 amide bonds. The van der Waals surface area contributed by atoms with Gasteiger partial charge in [-0.1, -0.05) is 18.2 Å². The van der Waals surface area contributed by atoms with Crippen LogP contribution in [0.3, 0.4) is 0 Å². The van der Waals surface area contributed by atoms with Crippen LogP contribution in [-0.4, -0.2) is 0 Å². The molecule has 0 N–H and O–H groups in total. The largest absolute Gasteiger partial charge is 0.130 e. The van der Waals surface area contributed by atoms with Crippen molar-refractivity contribution in [1.29, 1.82) is 0 Å². The normalized spacial score (nSPS) is 22.7. The van der Waals surface area contributed by atoms with Gasteiger partial charge in [0, 0.05) is 0 Å². The van der Waals surface area contributed by atoms with Gasteiger partial charge < -0.3 is 0 Å². The van der Waals surface area contributed by atoms with Crippen LogP contribution in [0, 0.1) is 5.92 Å². The predicted octanol–water partition coefficient (Wildman–Crippen LogP) is 2.99. The zero-order valence-corrected chi connectivity index (χ0v) is 6.59. The minimum absolute atomic E-state index is 0.745. The molecule has 0 fully saturated rings. The monoisotopic (exact) mass is 144 g/mol. The lowest BCUT2D eigenvalue weighted by Gasteiger charge is -2.13. The molecule has 0 radical (unpaired) electrons. The Morgan fingerprint density at radius 2 is 2.09 bits per heavy atom.